The second-order valence-electron chi connectivity index (χ2n) is 1.17. The third kappa shape index (κ3) is 3.92. The topological polar surface area (TPSA) is 40.5 Å². The van der Waals surface area contributed by atoms with Crippen molar-refractivity contribution in [1.29, 1.82) is 0 Å². The predicted molar refractivity (Wildman–Crippen MR) is 23.1 cm³/mol. The minimum absolute atomic E-state index is 0.0185. The molecule has 6 heavy (non-hydrogen) atoms. The van der Waals surface area contributed by atoms with Gasteiger partial charge in [-0.3, -0.25) is 0 Å². The molecule has 0 unspecified atom stereocenters. The van der Waals surface area contributed by atoms with Crippen LogP contribution in [0.25, 0.3) is 0 Å². The lowest BCUT2D eigenvalue weighted by atomic mass is 10.3. The molecule has 0 heterocycles. The van der Waals surface area contributed by atoms with E-state index < -0.39 is 6.10 Å². The molecule has 1 radical (unpaired) electrons. The number of hydrogen-bond donors (Lipinski definition) is 2. The molecule has 0 spiro atoms. The van der Waals surface area contributed by atoms with Gasteiger partial charge in [0.25, 0.3) is 0 Å². The highest BCUT2D eigenvalue weighted by Crippen LogP contribution is 1.82. The molecule has 2 N–H and O–H groups in total. The van der Waals surface area contributed by atoms with Gasteiger partial charge < -0.3 is 10.2 Å². The summed E-state index contributed by atoms with van der Waals surface area (Å²) >= 11 is 0. The Balaban J connectivity index is 2.63. The maximum absolute atomic E-state index is 8.28. The van der Waals surface area contributed by atoms with Gasteiger partial charge in [0, 0.05) is 6.61 Å². The average molecular weight is 89.1 g/mol. The maximum atomic E-state index is 8.28. The van der Waals surface area contributed by atoms with Crippen LogP contribution in [0.4, 0.5) is 0 Å². The fraction of sp³-hybridized carbons (Fsp3) is 0.750. The highest BCUT2D eigenvalue weighted by Gasteiger charge is 1.88. The number of aliphatic hydroxyl groups is 2. The van der Waals surface area contributed by atoms with Gasteiger partial charge in [-0.2, -0.15) is 0 Å². The summed E-state index contributed by atoms with van der Waals surface area (Å²) in [6, 6.07) is 0. The predicted octanol–water partition coefficient (Wildman–Crippen LogP) is -0.436. The lowest BCUT2D eigenvalue weighted by Crippen LogP contribution is -2.01. The second-order valence-corrected chi connectivity index (χ2v) is 1.17. The first-order valence-electron chi connectivity index (χ1n) is 1.89. The summed E-state index contributed by atoms with van der Waals surface area (Å²) in [5.41, 5.74) is 0. The fourth-order valence-corrected chi connectivity index (χ4v) is 0.149. The van der Waals surface area contributed by atoms with E-state index in [1.165, 1.54) is 0 Å². The minimum atomic E-state index is -0.602. The summed E-state index contributed by atoms with van der Waals surface area (Å²) in [5, 5.41) is 16.3. The Morgan fingerprint density at radius 1 is 1.67 bits per heavy atom. The monoisotopic (exact) mass is 89.1 g/mol. The molecule has 0 aliphatic carbocycles. The molecular weight excluding hydrogens is 80.0 g/mol. The first kappa shape index (κ1) is 5.92. The lowest BCUT2D eigenvalue weighted by molar-refractivity contribution is 0.168. The molecule has 2 heteroatoms. The molecule has 0 aromatic carbocycles. The molecule has 0 aromatic rings. The third-order valence-corrected chi connectivity index (χ3v) is 0.462. The molecule has 0 amide bonds. The van der Waals surface area contributed by atoms with Crippen LogP contribution in [-0.2, 0) is 0 Å². The van der Waals surface area contributed by atoms with Gasteiger partial charge in [0.1, 0.15) is 0 Å². The summed E-state index contributed by atoms with van der Waals surface area (Å²) in [6.45, 7) is 3.24. The van der Waals surface area contributed by atoms with Gasteiger partial charge in [-0.25, -0.2) is 0 Å². The molecule has 0 aliphatic rings. The first-order chi connectivity index (χ1) is 2.77. The molecule has 0 rings (SSSR count). The van der Waals surface area contributed by atoms with E-state index in [4.69, 9.17) is 10.2 Å². The highest BCUT2D eigenvalue weighted by molar-refractivity contribution is 4.52. The van der Waals surface area contributed by atoms with Gasteiger partial charge in [0.2, 0.25) is 0 Å². The third-order valence-electron chi connectivity index (χ3n) is 0.462. The second kappa shape index (κ2) is 3.12. The van der Waals surface area contributed by atoms with Gasteiger partial charge in [-0.1, -0.05) is 0 Å². The van der Waals surface area contributed by atoms with Gasteiger partial charge in [-0.15, -0.1) is 0 Å². The Labute approximate surface area is 37.4 Å². The highest BCUT2D eigenvalue weighted by atomic mass is 16.3. The van der Waals surface area contributed by atoms with Crippen molar-refractivity contribution in [2.45, 2.75) is 12.5 Å². The zero-order valence-electron chi connectivity index (χ0n) is 3.59. The quantitative estimate of drug-likeness (QED) is 0.481. The van der Waals surface area contributed by atoms with Crippen molar-refractivity contribution in [3.05, 3.63) is 6.92 Å². The Morgan fingerprint density at radius 2 is 2.17 bits per heavy atom. The minimum Gasteiger partial charge on any atom is -0.396 e. The Morgan fingerprint density at radius 3 is 2.17 bits per heavy atom. The van der Waals surface area contributed by atoms with Crippen molar-refractivity contribution in [1.82, 2.24) is 0 Å². The smallest absolute Gasteiger partial charge is 0.0563 e. The summed E-state index contributed by atoms with van der Waals surface area (Å²) in [4.78, 5) is 0. The van der Waals surface area contributed by atoms with E-state index in [1.807, 2.05) is 0 Å². The van der Waals surface area contributed by atoms with Gasteiger partial charge in [0.15, 0.2) is 0 Å². The van der Waals surface area contributed by atoms with E-state index in [1.54, 1.807) is 0 Å². The first-order valence-corrected chi connectivity index (χ1v) is 1.89. The van der Waals surface area contributed by atoms with Crippen LogP contribution >= 0.6 is 0 Å². The van der Waals surface area contributed by atoms with Crippen molar-refractivity contribution in [2.24, 2.45) is 0 Å². The van der Waals surface area contributed by atoms with E-state index in [0.717, 1.165) is 0 Å². The van der Waals surface area contributed by atoms with Crippen LogP contribution in [0.15, 0.2) is 0 Å². The van der Waals surface area contributed by atoms with Crippen LogP contribution in [-0.4, -0.2) is 22.9 Å². The molecule has 0 aliphatic heterocycles. The zero-order valence-corrected chi connectivity index (χ0v) is 3.59. The van der Waals surface area contributed by atoms with Crippen LogP contribution in [0, 0.1) is 6.92 Å². The van der Waals surface area contributed by atoms with Gasteiger partial charge in [-0.05, 0) is 13.3 Å². The number of hydrogen-bond acceptors (Lipinski definition) is 2. The summed E-state index contributed by atoms with van der Waals surface area (Å²) in [6.07, 6.45) is -0.227. The van der Waals surface area contributed by atoms with Crippen LogP contribution in [0.2, 0.25) is 0 Å². The molecule has 0 fully saturated rings. The van der Waals surface area contributed by atoms with Crippen LogP contribution < -0.4 is 0 Å². The van der Waals surface area contributed by atoms with E-state index in [2.05, 4.69) is 6.92 Å². The lowest BCUT2D eigenvalue weighted by Gasteiger charge is -1.94. The van der Waals surface area contributed by atoms with Crippen LogP contribution in [0.3, 0.4) is 0 Å². The van der Waals surface area contributed by atoms with E-state index in [0.29, 0.717) is 6.42 Å². The Bertz CT molecular complexity index is 26.7. The largest absolute Gasteiger partial charge is 0.396 e. The number of rotatable bonds is 2. The maximum Gasteiger partial charge on any atom is 0.0563 e. The molecular formula is C4H9O2. The number of aliphatic hydroxyl groups excluding tert-OH is 2. The SMILES string of the molecule is [CH2][C@@H](O)CCO. The van der Waals surface area contributed by atoms with Gasteiger partial charge >= 0.3 is 0 Å². The van der Waals surface area contributed by atoms with Crippen molar-refractivity contribution in [3.63, 3.8) is 0 Å². The normalized spacial score (nSPS) is 14.5. The summed E-state index contributed by atoms with van der Waals surface area (Å²) in [5.74, 6) is 0. The average Bonchev–Trinajstić information content (AvgIpc) is 1.35. The van der Waals surface area contributed by atoms with Crippen molar-refractivity contribution in [2.75, 3.05) is 6.61 Å². The molecule has 0 saturated carbocycles. The standard InChI is InChI=1S/C4H9O2/c1-4(6)2-3-5/h4-6H,1-3H2/t4-/m1/s1. The summed E-state index contributed by atoms with van der Waals surface area (Å²) in [7, 11) is 0. The molecule has 37 valence electrons. The van der Waals surface area contributed by atoms with E-state index in [-0.39, 0.29) is 6.61 Å². The molecule has 0 bridgehead atoms. The molecule has 0 aromatic heterocycles. The Kier molecular flexibility index (Phi) is 3.08. The van der Waals surface area contributed by atoms with E-state index in [9.17, 15) is 0 Å². The van der Waals surface area contributed by atoms with Gasteiger partial charge in [0.05, 0.1) is 6.10 Å². The molecule has 0 saturated heterocycles. The fourth-order valence-electron chi connectivity index (χ4n) is 0.149. The van der Waals surface area contributed by atoms with E-state index >= 15 is 0 Å². The van der Waals surface area contributed by atoms with Crippen LogP contribution in [0.1, 0.15) is 6.42 Å². The Hall–Kier alpha value is -0.0800. The van der Waals surface area contributed by atoms with Crippen molar-refractivity contribution < 1.29 is 10.2 Å². The van der Waals surface area contributed by atoms with Crippen molar-refractivity contribution in [3.8, 4) is 0 Å². The zero-order chi connectivity index (χ0) is 4.99. The molecule has 2 nitrogen and oxygen atoms in total. The van der Waals surface area contributed by atoms with Crippen LogP contribution in [0.5, 0.6) is 0 Å². The van der Waals surface area contributed by atoms with Crippen molar-refractivity contribution >= 4 is 0 Å². The molecule has 1 atom stereocenters. The summed E-state index contributed by atoms with van der Waals surface area (Å²) < 4.78 is 0.